The number of nitrogens with zero attached hydrogens (tertiary/aromatic N) is 2. The van der Waals surface area contributed by atoms with Gasteiger partial charge in [-0.2, -0.15) is 0 Å². The van der Waals surface area contributed by atoms with E-state index in [2.05, 4.69) is 17.2 Å². The number of aromatic nitrogens is 1. The number of pyridine rings is 1. The van der Waals surface area contributed by atoms with E-state index in [4.69, 9.17) is 11.6 Å². The Morgan fingerprint density at radius 3 is 2.78 bits per heavy atom. The average molecular weight is 313 g/mol. The standard InChI is InChI=1S/C11H14ClN3O.2ClH/c1-8-7-15(5-4-13-8)11(16)10-3-2-9(12)6-14-10;;/h2-3,6,8,13H,4-5,7H2,1H3;2*1H. The number of piperazine rings is 1. The fraction of sp³-hybridized carbons (Fsp3) is 0.455. The lowest BCUT2D eigenvalue weighted by molar-refractivity contribution is 0.0703. The average Bonchev–Trinajstić information content (AvgIpc) is 2.29. The minimum absolute atomic E-state index is 0. The van der Waals surface area contributed by atoms with E-state index in [1.54, 1.807) is 12.1 Å². The summed E-state index contributed by atoms with van der Waals surface area (Å²) in [6.07, 6.45) is 1.50. The molecule has 1 aromatic rings. The Morgan fingerprint density at radius 2 is 2.22 bits per heavy atom. The first kappa shape index (κ1) is 17.4. The summed E-state index contributed by atoms with van der Waals surface area (Å²) in [6, 6.07) is 3.69. The summed E-state index contributed by atoms with van der Waals surface area (Å²) < 4.78 is 0. The Morgan fingerprint density at radius 1 is 1.50 bits per heavy atom. The Balaban J connectivity index is 0.00000144. The van der Waals surface area contributed by atoms with E-state index in [9.17, 15) is 4.79 Å². The molecule has 0 aromatic carbocycles. The Labute approximate surface area is 124 Å². The number of carbonyl (C=O) groups excluding carboxylic acids is 1. The quantitative estimate of drug-likeness (QED) is 0.863. The van der Waals surface area contributed by atoms with Gasteiger partial charge < -0.3 is 10.2 Å². The molecule has 1 amide bonds. The van der Waals surface area contributed by atoms with Crippen molar-refractivity contribution in [2.45, 2.75) is 13.0 Å². The van der Waals surface area contributed by atoms with Gasteiger partial charge in [-0.25, -0.2) is 4.98 Å². The van der Waals surface area contributed by atoms with E-state index in [0.717, 1.165) is 19.6 Å². The first-order valence-corrected chi connectivity index (χ1v) is 5.69. The van der Waals surface area contributed by atoms with E-state index < -0.39 is 0 Å². The molecule has 1 N–H and O–H groups in total. The SMILES string of the molecule is CC1CN(C(=O)c2ccc(Cl)cn2)CCN1.Cl.Cl. The highest BCUT2D eigenvalue weighted by Crippen LogP contribution is 2.09. The summed E-state index contributed by atoms with van der Waals surface area (Å²) in [5.41, 5.74) is 0.457. The molecule has 4 nitrogen and oxygen atoms in total. The van der Waals surface area contributed by atoms with Crippen LogP contribution in [0.2, 0.25) is 5.02 Å². The second-order valence-corrected chi connectivity index (χ2v) is 4.40. The third kappa shape index (κ3) is 4.28. The van der Waals surface area contributed by atoms with Crippen LogP contribution in [0.4, 0.5) is 0 Å². The van der Waals surface area contributed by atoms with Crippen molar-refractivity contribution in [2.24, 2.45) is 0 Å². The van der Waals surface area contributed by atoms with Gasteiger partial charge in [-0.3, -0.25) is 4.79 Å². The number of hydrogen-bond donors (Lipinski definition) is 1. The Kier molecular flexibility index (Phi) is 7.55. The number of carbonyl (C=O) groups is 1. The van der Waals surface area contributed by atoms with Crippen LogP contribution in [0.3, 0.4) is 0 Å². The molecule has 2 heterocycles. The summed E-state index contributed by atoms with van der Waals surface area (Å²) in [7, 11) is 0. The molecular weight excluding hydrogens is 296 g/mol. The maximum absolute atomic E-state index is 12.0. The zero-order valence-electron chi connectivity index (χ0n) is 9.93. The smallest absolute Gasteiger partial charge is 0.272 e. The second kappa shape index (κ2) is 7.79. The van der Waals surface area contributed by atoms with E-state index in [0.29, 0.717) is 16.8 Å². The normalized spacial score (nSPS) is 18.6. The van der Waals surface area contributed by atoms with Crippen LogP contribution < -0.4 is 5.32 Å². The predicted octanol–water partition coefficient (Wildman–Crippen LogP) is 2.01. The number of hydrogen-bond acceptors (Lipinski definition) is 3. The Hall–Kier alpha value is -0.550. The molecule has 0 spiro atoms. The number of amides is 1. The van der Waals surface area contributed by atoms with Crippen LogP contribution in [0.5, 0.6) is 0 Å². The molecule has 1 unspecified atom stereocenters. The van der Waals surface area contributed by atoms with Crippen LogP contribution in [0.15, 0.2) is 18.3 Å². The molecule has 18 heavy (non-hydrogen) atoms. The number of rotatable bonds is 1. The molecule has 7 heteroatoms. The number of nitrogens with one attached hydrogen (secondary N) is 1. The van der Waals surface area contributed by atoms with E-state index in [-0.39, 0.29) is 30.7 Å². The van der Waals surface area contributed by atoms with Crippen LogP contribution in [-0.2, 0) is 0 Å². The van der Waals surface area contributed by atoms with Crippen molar-refractivity contribution in [1.82, 2.24) is 15.2 Å². The maximum atomic E-state index is 12.0. The van der Waals surface area contributed by atoms with E-state index in [1.165, 1.54) is 6.20 Å². The van der Waals surface area contributed by atoms with Gasteiger partial charge in [0.1, 0.15) is 5.69 Å². The Bertz CT molecular complexity index is 386. The van der Waals surface area contributed by atoms with E-state index in [1.807, 2.05) is 4.90 Å². The first-order chi connectivity index (χ1) is 7.66. The van der Waals surface area contributed by atoms with Gasteiger partial charge >= 0.3 is 0 Å². The summed E-state index contributed by atoms with van der Waals surface area (Å²) in [5.74, 6) is -0.0231. The summed E-state index contributed by atoms with van der Waals surface area (Å²) in [4.78, 5) is 17.9. The third-order valence-electron chi connectivity index (χ3n) is 2.60. The van der Waals surface area contributed by atoms with Crippen LogP contribution in [0.25, 0.3) is 0 Å². The van der Waals surface area contributed by atoms with Crippen LogP contribution in [-0.4, -0.2) is 41.5 Å². The molecule has 102 valence electrons. The van der Waals surface area contributed by atoms with Crippen molar-refractivity contribution in [3.05, 3.63) is 29.0 Å². The topological polar surface area (TPSA) is 45.2 Å². The predicted molar refractivity (Wildman–Crippen MR) is 77.1 cm³/mol. The van der Waals surface area contributed by atoms with Gasteiger partial charge in [-0.1, -0.05) is 11.6 Å². The third-order valence-corrected chi connectivity index (χ3v) is 2.83. The largest absolute Gasteiger partial charge is 0.334 e. The minimum atomic E-state index is -0.0231. The zero-order chi connectivity index (χ0) is 11.5. The molecule has 1 aliphatic rings. The monoisotopic (exact) mass is 311 g/mol. The maximum Gasteiger partial charge on any atom is 0.272 e. The number of halogens is 3. The van der Waals surface area contributed by atoms with Crippen molar-refractivity contribution < 1.29 is 4.79 Å². The summed E-state index contributed by atoms with van der Waals surface area (Å²) in [6.45, 7) is 4.35. The van der Waals surface area contributed by atoms with Crippen LogP contribution in [0.1, 0.15) is 17.4 Å². The second-order valence-electron chi connectivity index (χ2n) is 3.97. The van der Waals surface area contributed by atoms with Crippen LogP contribution >= 0.6 is 36.4 Å². The van der Waals surface area contributed by atoms with Gasteiger partial charge in [0.15, 0.2) is 0 Å². The lowest BCUT2D eigenvalue weighted by Gasteiger charge is -2.31. The first-order valence-electron chi connectivity index (χ1n) is 5.31. The highest BCUT2D eigenvalue weighted by atomic mass is 35.5. The summed E-state index contributed by atoms with van der Waals surface area (Å²) >= 11 is 5.73. The van der Waals surface area contributed by atoms with Crippen molar-refractivity contribution in [3.63, 3.8) is 0 Å². The molecular formula is C11H16Cl3N3O. The van der Waals surface area contributed by atoms with Gasteiger partial charge in [-0.15, -0.1) is 24.8 Å². The highest BCUT2D eigenvalue weighted by Gasteiger charge is 2.22. The van der Waals surface area contributed by atoms with Gasteiger partial charge in [0, 0.05) is 31.9 Å². The van der Waals surface area contributed by atoms with Crippen molar-refractivity contribution in [2.75, 3.05) is 19.6 Å². The molecule has 1 atom stereocenters. The molecule has 1 aromatic heterocycles. The van der Waals surface area contributed by atoms with Gasteiger partial charge in [-0.05, 0) is 19.1 Å². The van der Waals surface area contributed by atoms with Crippen molar-refractivity contribution in [1.29, 1.82) is 0 Å². The molecule has 2 rings (SSSR count). The van der Waals surface area contributed by atoms with Crippen LogP contribution in [0, 0.1) is 0 Å². The molecule has 0 radical (unpaired) electrons. The molecule has 0 aliphatic carbocycles. The molecule has 1 fully saturated rings. The lowest BCUT2D eigenvalue weighted by Crippen LogP contribution is -2.51. The van der Waals surface area contributed by atoms with Gasteiger partial charge in [0.2, 0.25) is 0 Å². The molecule has 0 saturated carbocycles. The van der Waals surface area contributed by atoms with Crippen molar-refractivity contribution in [3.8, 4) is 0 Å². The summed E-state index contributed by atoms with van der Waals surface area (Å²) in [5, 5.41) is 3.84. The molecule has 1 saturated heterocycles. The van der Waals surface area contributed by atoms with Gasteiger partial charge in [0.25, 0.3) is 5.91 Å². The highest BCUT2D eigenvalue weighted by molar-refractivity contribution is 6.30. The fourth-order valence-corrected chi connectivity index (χ4v) is 1.89. The van der Waals surface area contributed by atoms with E-state index >= 15 is 0 Å². The molecule has 0 bridgehead atoms. The zero-order valence-corrected chi connectivity index (χ0v) is 12.3. The lowest BCUT2D eigenvalue weighted by atomic mass is 10.2. The molecule has 1 aliphatic heterocycles. The van der Waals surface area contributed by atoms with Crippen molar-refractivity contribution >= 4 is 42.3 Å². The van der Waals surface area contributed by atoms with Gasteiger partial charge in [0.05, 0.1) is 5.02 Å². The minimum Gasteiger partial charge on any atom is -0.334 e. The fourth-order valence-electron chi connectivity index (χ4n) is 1.78.